The second kappa shape index (κ2) is 5.16. The van der Waals surface area contributed by atoms with Gasteiger partial charge in [-0.25, -0.2) is 4.79 Å². The number of carbonyl (C=O) groups is 1. The first-order valence-corrected chi connectivity index (χ1v) is 7.70. The molecule has 2 aliphatic carbocycles. The molecule has 1 N–H and O–H groups in total. The number of carboxylic acids is 1. The van der Waals surface area contributed by atoms with Gasteiger partial charge in [-0.05, 0) is 55.7 Å². The smallest absolute Gasteiger partial charge is 0.337 e. The van der Waals surface area contributed by atoms with Crippen molar-refractivity contribution in [2.75, 3.05) is 18.0 Å². The van der Waals surface area contributed by atoms with E-state index >= 15 is 0 Å². The summed E-state index contributed by atoms with van der Waals surface area (Å²) >= 11 is 3.46. The van der Waals surface area contributed by atoms with E-state index in [1.54, 1.807) is 12.1 Å². The summed E-state index contributed by atoms with van der Waals surface area (Å²) < 4.78 is 0.948. The predicted octanol–water partition coefficient (Wildman–Crippen LogP) is 3.77. The Morgan fingerprint density at radius 3 is 2.26 bits per heavy atom. The maximum Gasteiger partial charge on any atom is 0.337 e. The summed E-state index contributed by atoms with van der Waals surface area (Å²) in [6.07, 6.45) is 5.16. The van der Waals surface area contributed by atoms with Crippen molar-refractivity contribution in [3.8, 4) is 0 Å². The number of benzene rings is 1. The lowest BCUT2D eigenvalue weighted by Gasteiger charge is -2.26. The summed E-state index contributed by atoms with van der Waals surface area (Å²) in [6, 6.07) is 5.46. The molecule has 1 aromatic carbocycles. The van der Waals surface area contributed by atoms with E-state index in [1.165, 1.54) is 25.7 Å². The highest BCUT2D eigenvalue weighted by Gasteiger charge is 2.30. The second-order valence-electron chi connectivity index (χ2n) is 5.76. The fourth-order valence-electron chi connectivity index (χ4n) is 2.44. The van der Waals surface area contributed by atoms with Crippen molar-refractivity contribution in [2.24, 2.45) is 11.8 Å². The first-order chi connectivity index (χ1) is 9.13. The molecule has 0 aromatic heterocycles. The lowest BCUT2D eigenvalue weighted by Crippen LogP contribution is -2.29. The largest absolute Gasteiger partial charge is 0.478 e. The third-order valence-corrected chi connectivity index (χ3v) is 4.38. The van der Waals surface area contributed by atoms with Gasteiger partial charge in [0, 0.05) is 17.6 Å². The highest BCUT2D eigenvalue weighted by molar-refractivity contribution is 9.10. The minimum absolute atomic E-state index is 0.421. The SMILES string of the molecule is O=C(O)c1ccc(Br)cc1N(CC1CC1)CC1CC1. The third-order valence-electron chi connectivity index (χ3n) is 3.88. The highest BCUT2D eigenvalue weighted by Crippen LogP contribution is 2.37. The van der Waals surface area contributed by atoms with Crippen molar-refractivity contribution in [2.45, 2.75) is 25.7 Å². The van der Waals surface area contributed by atoms with Gasteiger partial charge in [-0.3, -0.25) is 0 Å². The Morgan fingerprint density at radius 2 is 1.79 bits per heavy atom. The van der Waals surface area contributed by atoms with E-state index in [9.17, 15) is 9.90 Å². The van der Waals surface area contributed by atoms with Crippen LogP contribution in [0, 0.1) is 11.8 Å². The van der Waals surface area contributed by atoms with Crippen LogP contribution in [0.2, 0.25) is 0 Å². The van der Waals surface area contributed by atoms with Gasteiger partial charge < -0.3 is 10.0 Å². The Kier molecular flexibility index (Phi) is 3.52. The average Bonchev–Trinajstić information content (AvgIpc) is 3.22. The molecule has 2 saturated carbocycles. The standard InChI is InChI=1S/C15H18BrNO2/c16-12-5-6-13(15(18)19)14(7-12)17(8-10-1-2-10)9-11-3-4-11/h5-7,10-11H,1-4,8-9H2,(H,18,19). The number of hydrogen-bond donors (Lipinski definition) is 1. The van der Waals surface area contributed by atoms with Gasteiger partial charge in [-0.2, -0.15) is 0 Å². The highest BCUT2D eigenvalue weighted by atomic mass is 79.9. The van der Waals surface area contributed by atoms with Crippen molar-refractivity contribution >= 4 is 27.6 Å². The summed E-state index contributed by atoms with van der Waals surface area (Å²) in [7, 11) is 0. The summed E-state index contributed by atoms with van der Waals surface area (Å²) in [5.74, 6) is 0.692. The molecule has 0 aliphatic heterocycles. The maximum atomic E-state index is 11.4. The molecule has 2 fully saturated rings. The van der Waals surface area contributed by atoms with Gasteiger partial charge in [-0.15, -0.1) is 0 Å². The van der Waals surface area contributed by atoms with Gasteiger partial charge in [0.05, 0.1) is 11.3 Å². The van der Waals surface area contributed by atoms with Gasteiger partial charge in [-0.1, -0.05) is 15.9 Å². The van der Waals surface area contributed by atoms with Gasteiger partial charge in [0.25, 0.3) is 0 Å². The molecule has 0 heterocycles. The van der Waals surface area contributed by atoms with Crippen LogP contribution in [-0.2, 0) is 0 Å². The number of aromatic carboxylic acids is 1. The van der Waals surface area contributed by atoms with E-state index in [4.69, 9.17) is 0 Å². The van der Waals surface area contributed by atoms with Crippen LogP contribution >= 0.6 is 15.9 Å². The first kappa shape index (κ1) is 13.0. The Bertz CT molecular complexity index is 481. The lowest BCUT2D eigenvalue weighted by atomic mass is 10.1. The van der Waals surface area contributed by atoms with E-state index < -0.39 is 5.97 Å². The molecule has 0 saturated heterocycles. The number of halogens is 1. The van der Waals surface area contributed by atoms with Crippen LogP contribution < -0.4 is 4.90 Å². The molecule has 0 spiro atoms. The normalized spacial score (nSPS) is 18.4. The van der Waals surface area contributed by atoms with Crippen LogP contribution in [-0.4, -0.2) is 24.2 Å². The van der Waals surface area contributed by atoms with Crippen molar-refractivity contribution in [1.29, 1.82) is 0 Å². The van der Waals surface area contributed by atoms with Crippen molar-refractivity contribution in [3.63, 3.8) is 0 Å². The predicted molar refractivity (Wildman–Crippen MR) is 78.8 cm³/mol. The topological polar surface area (TPSA) is 40.5 Å². The zero-order valence-electron chi connectivity index (χ0n) is 10.8. The fraction of sp³-hybridized carbons (Fsp3) is 0.533. The maximum absolute atomic E-state index is 11.4. The molecule has 2 aliphatic rings. The molecular weight excluding hydrogens is 306 g/mol. The van der Waals surface area contributed by atoms with E-state index in [2.05, 4.69) is 20.8 Å². The minimum atomic E-state index is -0.834. The van der Waals surface area contributed by atoms with E-state index in [0.29, 0.717) is 5.56 Å². The second-order valence-corrected chi connectivity index (χ2v) is 6.67. The molecule has 3 nitrogen and oxygen atoms in total. The van der Waals surface area contributed by atoms with Crippen LogP contribution in [0.3, 0.4) is 0 Å². The molecule has 3 rings (SSSR count). The minimum Gasteiger partial charge on any atom is -0.478 e. The van der Waals surface area contributed by atoms with E-state index in [0.717, 1.165) is 35.1 Å². The Balaban J connectivity index is 1.89. The molecule has 102 valence electrons. The molecular formula is C15H18BrNO2. The summed E-state index contributed by atoms with van der Waals surface area (Å²) in [4.78, 5) is 13.7. The molecule has 0 amide bonds. The zero-order valence-corrected chi connectivity index (χ0v) is 12.4. The molecule has 4 heteroatoms. The fourth-order valence-corrected chi connectivity index (χ4v) is 2.79. The summed E-state index contributed by atoms with van der Waals surface area (Å²) in [6.45, 7) is 2.01. The number of nitrogens with zero attached hydrogens (tertiary/aromatic N) is 1. The molecule has 0 atom stereocenters. The van der Waals surface area contributed by atoms with E-state index in [-0.39, 0.29) is 0 Å². The molecule has 0 radical (unpaired) electrons. The summed E-state index contributed by atoms with van der Waals surface area (Å²) in [5, 5.41) is 9.36. The summed E-state index contributed by atoms with van der Waals surface area (Å²) in [5.41, 5.74) is 1.30. The van der Waals surface area contributed by atoms with Crippen LogP contribution in [0.1, 0.15) is 36.0 Å². The van der Waals surface area contributed by atoms with Gasteiger partial charge in [0.1, 0.15) is 0 Å². The Morgan fingerprint density at radius 1 is 1.21 bits per heavy atom. The van der Waals surface area contributed by atoms with Crippen LogP contribution in [0.4, 0.5) is 5.69 Å². The Labute approximate surface area is 121 Å². The van der Waals surface area contributed by atoms with E-state index in [1.807, 2.05) is 6.07 Å². The molecule has 0 unspecified atom stereocenters. The van der Waals surface area contributed by atoms with Gasteiger partial charge in [0.2, 0.25) is 0 Å². The number of hydrogen-bond acceptors (Lipinski definition) is 2. The molecule has 19 heavy (non-hydrogen) atoms. The number of carboxylic acid groups (broad SMARTS) is 1. The third kappa shape index (κ3) is 3.30. The average molecular weight is 324 g/mol. The van der Waals surface area contributed by atoms with Crippen molar-refractivity contribution in [1.82, 2.24) is 0 Å². The monoisotopic (exact) mass is 323 g/mol. The number of rotatable bonds is 6. The van der Waals surface area contributed by atoms with Gasteiger partial charge in [0.15, 0.2) is 0 Å². The first-order valence-electron chi connectivity index (χ1n) is 6.91. The van der Waals surface area contributed by atoms with Crippen molar-refractivity contribution in [3.05, 3.63) is 28.2 Å². The zero-order chi connectivity index (χ0) is 13.4. The quantitative estimate of drug-likeness (QED) is 0.866. The van der Waals surface area contributed by atoms with Crippen LogP contribution in [0.25, 0.3) is 0 Å². The van der Waals surface area contributed by atoms with Crippen LogP contribution in [0.5, 0.6) is 0 Å². The van der Waals surface area contributed by atoms with Gasteiger partial charge >= 0.3 is 5.97 Å². The lowest BCUT2D eigenvalue weighted by molar-refractivity contribution is 0.0697. The Hall–Kier alpha value is -1.03. The molecule has 1 aromatic rings. The van der Waals surface area contributed by atoms with Crippen molar-refractivity contribution < 1.29 is 9.90 Å². The molecule has 0 bridgehead atoms. The number of anilines is 1. The van der Waals surface area contributed by atoms with Crippen LogP contribution in [0.15, 0.2) is 22.7 Å².